The molecule has 0 saturated heterocycles. The van der Waals surface area contributed by atoms with Crippen molar-refractivity contribution in [3.8, 4) is 0 Å². The standard InChI is InChI=1S/C10H12N4OS/c1-5-6(2)16-10(13-5)14-9(15)8-3-7(11)4-12-8/h3-4,12H,11H2,1-2H3,(H,13,14,15). The van der Waals surface area contributed by atoms with Gasteiger partial charge in [0.2, 0.25) is 0 Å². The maximum atomic E-state index is 11.7. The van der Waals surface area contributed by atoms with Crippen LogP contribution in [0.25, 0.3) is 0 Å². The maximum Gasteiger partial charge on any atom is 0.273 e. The predicted molar refractivity (Wildman–Crippen MR) is 64.7 cm³/mol. The number of nitrogen functional groups attached to an aromatic ring is 1. The Morgan fingerprint density at radius 3 is 2.81 bits per heavy atom. The van der Waals surface area contributed by atoms with Crippen LogP contribution in [0.15, 0.2) is 12.3 Å². The number of aromatic amines is 1. The number of aryl methyl sites for hydroxylation is 2. The van der Waals surface area contributed by atoms with Crippen LogP contribution >= 0.6 is 11.3 Å². The van der Waals surface area contributed by atoms with Crippen molar-refractivity contribution in [1.29, 1.82) is 0 Å². The summed E-state index contributed by atoms with van der Waals surface area (Å²) in [5.41, 5.74) is 7.42. The monoisotopic (exact) mass is 236 g/mol. The average molecular weight is 236 g/mol. The number of nitrogens with two attached hydrogens (primary N) is 1. The second kappa shape index (κ2) is 3.97. The van der Waals surface area contributed by atoms with Crippen molar-refractivity contribution >= 4 is 28.1 Å². The molecule has 84 valence electrons. The minimum absolute atomic E-state index is 0.231. The third-order valence-corrected chi connectivity index (χ3v) is 3.19. The Hall–Kier alpha value is -1.82. The molecule has 16 heavy (non-hydrogen) atoms. The molecule has 1 amide bonds. The molecule has 0 spiro atoms. The number of carbonyl (C=O) groups excluding carboxylic acids is 1. The van der Waals surface area contributed by atoms with E-state index in [-0.39, 0.29) is 5.91 Å². The van der Waals surface area contributed by atoms with E-state index in [1.54, 1.807) is 12.3 Å². The molecule has 6 heteroatoms. The van der Waals surface area contributed by atoms with Gasteiger partial charge in [-0.25, -0.2) is 4.98 Å². The number of nitrogens with zero attached hydrogens (tertiary/aromatic N) is 1. The minimum atomic E-state index is -0.231. The first kappa shape index (κ1) is 10.7. The van der Waals surface area contributed by atoms with Crippen molar-refractivity contribution in [1.82, 2.24) is 9.97 Å². The molecule has 0 saturated carbocycles. The van der Waals surface area contributed by atoms with Crippen molar-refractivity contribution in [3.05, 3.63) is 28.5 Å². The number of rotatable bonds is 2. The lowest BCUT2D eigenvalue weighted by Gasteiger charge is -1.97. The highest BCUT2D eigenvalue weighted by Crippen LogP contribution is 2.21. The smallest absolute Gasteiger partial charge is 0.273 e. The van der Waals surface area contributed by atoms with Gasteiger partial charge in [0, 0.05) is 16.8 Å². The summed E-state index contributed by atoms with van der Waals surface area (Å²) >= 11 is 1.46. The molecule has 2 heterocycles. The van der Waals surface area contributed by atoms with Gasteiger partial charge < -0.3 is 10.7 Å². The van der Waals surface area contributed by atoms with Gasteiger partial charge in [-0.1, -0.05) is 0 Å². The van der Waals surface area contributed by atoms with Gasteiger partial charge in [-0.2, -0.15) is 0 Å². The van der Waals surface area contributed by atoms with Gasteiger partial charge in [-0.3, -0.25) is 10.1 Å². The SMILES string of the molecule is Cc1nc(NC(=O)c2cc(N)c[nH]2)sc1C. The van der Waals surface area contributed by atoms with Crippen molar-refractivity contribution in [2.45, 2.75) is 13.8 Å². The van der Waals surface area contributed by atoms with Gasteiger partial charge in [0.05, 0.1) is 5.69 Å². The van der Waals surface area contributed by atoms with Crippen LogP contribution in [0.2, 0.25) is 0 Å². The fourth-order valence-electron chi connectivity index (χ4n) is 1.23. The number of nitrogens with one attached hydrogen (secondary N) is 2. The number of carbonyl (C=O) groups is 1. The molecule has 5 nitrogen and oxygen atoms in total. The fourth-order valence-corrected chi connectivity index (χ4v) is 2.04. The highest BCUT2D eigenvalue weighted by Gasteiger charge is 2.11. The molecule has 0 aliphatic heterocycles. The summed E-state index contributed by atoms with van der Waals surface area (Å²) in [7, 11) is 0. The van der Waals surface area contributed by atoms with Gasteiger partial charge in [0.15, 0.2) is 5.13 Å². The van der Waals surface area contributed by atoms with Crippen molar-refractivity contribution in [2.24, 2.45) is 0 Å². The number of hydrogen-bond donors (Lipinski definition) is 3. The first-order chi connectivity index (χ1) is 7.56. The average Bonchev–Trinajstić information content (AvgIpc) is 2.75. The Labute approximate surface area is 96.7 Å². The molecule has 0 radical (unpaired) electrons. The molecule has 2 aromatic heterocycles. The van der Waals surface area contributed by atoms with Crippen LogP contribution in [0.5, 0.6) is 0 Å². The van der Waals surface area contributed by atoms with E-state index in [1.165, 1.54) is 11.3 Å². The second-order valence-electron chi connectivity index (χ2n) is 3.46. The molecule has 4 N–H and O–H groups in total. The van der Waals surface area contributed by atoms with Crippen LogP contribution in [0.3, 0.4) is 0 Å². The Balaban J connectivity index is 2.13. The second-order valence-corrected chi connectivity index (χ2v) is 4.66. The predicted octanol–water partition coefficient (Wildman–Crippen LogP) is 1.92. The zero-order chi connectivity index (χ0) is 11.7. The van der Waals surface area contributed by atoms with Crippen LogP contribution in [0.1, 0.15) is 21.1 Å². The molecule has 0 bridgehead atoms. The van der Waals surface area contributed by atoms with Crippen LogP contribution in [0.4, 0.5) is 10.8 Å². The summed E-state index contributed by atoms with van der Waals surface area (Å²) in [5.74, 6) is -0.231. The number of aromatic nitrogens is 2. The highest BCUT2D eigenvalue weighted by atomic mass is 32.1. The number of hydrogen-bond acceptors (Lipinski definition) is 4. The van der Waals surface area contributed by atoms with E-state index < -0.39 is 0 Å². The number of amides is 1. The highest BCUT2D eigenvalue weighted by molar-refractivity contribution is 7.15. The Morgan fingerprint density at radius 1 is 1.56 bits per heavy atom. The first-order valence-corrected chi connectivity index (χ1v) is 5.57. The topological polar surface area (TPSA) is 83.8 Å². The van der Waals surface area contributed by atoms with E-state index >= 15 is 0 Å². The number of H-pyrrole nitrogens is 1. The summed E-state index contributed by atoms with van der Waals surface area (Å²) in [6, 6.07) is 1.59. The molecule has 2 rings (SSSR count). The van der Waals surface area contributed by atoms with Crippen LogP contribution in [-0.2, 0) is 0 Å². The molecular weight excluding hydrogens is 224 g/mol. The fraction of sp³-hybridized carbons (Fsp3) is 0.200. The molecule has 0 fully saturated rings. The summed E-state index contributed by atoms with van der Waals surface area (Å²) in [6.45, 7) is 3.88. The molecule has 0 atom stereocenters. The lowest BCUT2D eigenvalue weighted by Crippen LogP contribution is -2.11. The van der Waals surface area contributed by atoms with Crippen molar-refractivity contribution in [3.63, 3.8) is 0 Å². The van der Waals surface area contributed by atoms with Gasteiger partial charge in [-0.05, 0) is 19.9 Å². The number of thiazole rings is 1. The molecular formula is C10H12N4OS. The van der Waals surface area contributed by atoms with E-state index in [1.807, 2.05) is 13.8 Å². The summed E-state index contributed by atoms with van der Waals surface area (Å²) in [4.78, 5) is 19.8. The van der Waals surface area contributed by atoms with Gasteiger partial charge in [-0.15, -0.1) is 11.3 Å². The van der Waals surface area contributed by atoms with E-state index in [2.05, 4.69) is 15.3 Å². The van der Waals surface area contributed by atoms with Gasteiger partial charge in [0.25, 0.3) is 5.91 Å². The molecule has 0 aromatic carbocycles. The van der Waals surface area contributed by atoms with Gasteiger partial charge >= 0.3 is 0 Å². The normalized spacial score (nSPS) is 10.4. The van der Waals surface area contributed by atoms with E-state index in [9.17, 15) is 4.79 Å². The lowest BCUT2D eigenvalue weighted by molar-refractivity contribution is 0.102. The van der Waals surface area contributed by atoms with Crippen LogP contribution in [-0.4, -0.2) is 15.9 Å². The molecule has 2 aromatic rings. The lowest BCUT2D eigenvalue weighted by atomic mass is 10.4. The van der Waals surface area contributed by atoms with Crippen molar-refractivity contribution in [2.75, 3.05) is 11.1 Å². The van der Waals surface area contributed by atoms with Crippen LogP contribution in [0, 0.1) is 13.8 Å². The Bertz CT molecular complexity index is 509. The van der Waals surface area contributed by atoms with E-state index in [0.29, 0.717) is 16.5 Å². The first-order valence-electron chi connectivity index (χ1n) is 4.75. The quantitative estimate of drug-likeness (QED) is 0.744. The van der Waals surface area contributed by atoms with E-state index in [4.69, 9.17) is 5.73 Å². The summed E-state index contributed by atoms with van der Waals surface area (Å²) < 4.78 is 0. The molecule has 0 aliphatic rings. The summed E-state index contributed by atoms with van der Waals surface area (Å²) in [5, 5.41) is 3.32. The third-order valence-electron chi connectivity index (χ3n) is 2.20. The zero-order valence-electron chi connectivity index (χ0n) is 9.00. The summed E-state index contributed by atoms with van der Waals surface area (Å²) in [6.07, 6.45) is 1.58. The van der Waals surface area contributed by atoms with Crippen LogP contribution < -0.4 is 11.1 Å². The largest absolute Gasteiger partial charge is 0.397 e. The van der Waals surface area contributed by atoms with E-state index in [0.717, 1.165) is 10.6 Å². The molecule has 0 unspecified atom stereocenters. The maximum absolute atomic E-state index is 11.7. The Kier molecular flexibility index (Phi) is 2.66. The minimum Gasteiger partial charge on any atom is -0.397 e. The van der Waals surface area contributed by atoms with Gasteiger partial charge in [0.1, 0.15) is 5.69 Å². The molecule has 0 aliphatic carbocycles. The zero-order valence-corrected chi connectivity index (χ0v) is 9.81. The third kappa shape index (κ3) is 2.06. The Morgan fingerprint density at radius 2 is 2.31 bits per heavy atom. The number of anilines is 2. The van der Waals surface area contributed by atoms with Crippen molar-refractivity contribution < 1.29 is 4.79 Å².